The average molecular weight is 528 g/mol. The number of nitrogens with one attached hydrogen (secondary N) is 1. The fourth-order valence-corrected chi connectivity index (χ4v) is 5.04. The summed E-state index contributed by atoms with van der Waals surface area (Å²) in [4.78, 5) is 17.6. The van der Waals surface area contributed by atoms with E-state index in [1.807, 2.05) is 59.0 Å². The summed E-state index contributed by atoms with van der Waals surface area (Å²) in [6.07, 6.45) is -0.365. The number of carbonyl (C=O) groups excluding carboxylic acids is 1. The normalized spacial score (nSPS) is 12.5. The molecule has 1 N–H and O–H groups in total. The Kier molecular flexibility index (Phi) is 7.77. The molecule has 0 fully saturated rings. The molecule has 0 spiro atoms. The molecule has 0 aliphatic carbocycles. The van der Waals surface area contributed by atoms with E-state index in [-0.39, 0.29) is 18.2 Å². The molecule has 2 heterocycles. The molecule has 3 aromatic carbocycles. The third-order valence-corrected chi connectivity index (χ3v) is 6.97. The number of carbonyl (C=O) groups is 1. The van der Waals surface area contributed by atoms with Gasteiger partial charge in [0.05, 0.1) is 11.3 Å². The van der Waals surface area contributed by atoms with E-state index in [0.29, 0.717) is 29.9 Å². The summed E-state index contributed by atoms with van der Waals surface area (Å²) in [5.74, 6) is -0.738. The van der Waals surface area contributed by atoms with E-state index in [4.69, 9.17) is 0 Å². The summed E-state index contributed by atoms with van der Waals surface area (Å²) in [7, 11) is 0. The van der Waals surface area contributed by atoms with Gasteiger partial charge >= 0.3 is 6.18 Å². The van der Waals surface area contributed by atoms with Crippen LogP contribution in [0.15, 0.2) is 116 Å². The highest BCUT2D eigenvalue weighted by atomic mass is 19.4. The Balaban J connectivity index is 1.36. The van der Waals surface area contributed by atoms with Crippen LogP contribution >= 0.6 is 0 Å². The van der Waals surface area contributed by atoms with Crippen molar-refractivity contribution in [2.45, 2.75) is 30.9 Å². The number of halogens is 3. The number of pyridine rings is 1. The van der Waals surface area contributed by atoms with Gasteiger partial charge in [-0.05, 0) is 41.3 Å². The highest BCUT2D eigenvalue weighted by molar-refractivity contribution is 5.77. The molecule has 0 aliphatic rings. The second-order valence-corrected chi connectivity index (χ2v) is 9.50. The lowest BCUT2D eigenvalue weighted by Crippen LogP contribution is -2.28. The van der Waals surface area contributed by atoms with Crippen molar-refractivity contribution < 1.29 is 18.0 Å². The van der Waals surface area contributed by atoms with Crippen LogP contribution in [-0.4, -0.2) is 21.8 Å². The first kappa shape index (κ1) is 26.2. The molecule has 0 bridgehead atoms. The molecule has 1 unspecified atom stereocenters. The second-order valence-electron chi connectivity index (χ2n) is 9.50. The van der Waals surface area contributed by atoms with Gasteiger partial charge in [0.1, 0.15) is 5.65 Å². The van der Waals surface area contributed by atoms with Crippen molar-refractivity contribution in [2.24, 2.45) is 0 Å². The standard InChI is InChI=1S/C32H28F3N3O/c33-32(34,35)26-15-9-14-25(20-26)28(29-22-37-30-16-7-8-19-38(29)30)21-31(39)36-18-17-27(23-10-3-1-4-11-23)24-12-5-2-6-13-24/h1-16,19-20,22,27-28H,17-18,21H2,(H,36,39). The van der Waals surface area contributed by atoms with E-state index in [2.05, 4.69) is 34.6 Å². The van der Waals surface area contributed by atoms with Crippen LogP contribution in [-0.2, 0) is 11.0 Å². The third-order valence-electron chi connectivity index (χ3n) is 6.97. The molecule has 5 rings (SSSR count). The van der Waals surface area contributed by atoms with Gasteiger partial charge < -0.3 is 9.72 Å². The van der Waals surface area contributed by atoms with Crippen LogP contribution in [0.3, 0.4) is 0 Å². The van der Waals surface area contributed by atoms with Crippen molar-refractivity contribution in [3.05, 3.63) is 143 Å². The zero-order valence-electron chi connectivity index (χ0n) is 21.2. The maximum absolute atomic E-state index is 13.5. The summed E-state index contributed by atoms with van der Waals surface area (Å²) >= 11 is 0. The first-order chi connectivity index (χ1) is 18.9. The number of hydrogen-bond acceptors (Lipinski definition) is 2. The Morgan fingerprint density at radius 2 is 1.44 bits per heavy atom. The molecule has 4 nitrogen and oxygen atoms in total. The van der Waals surface area contributed by atoms with Crippen molar-refractivity contribution in [1.29, 1.82) is 0 Å². The highest BCUT2D eigenvalue weighted by Gasteiger charge is 2.32. The number of amides is 1. The lowest BCUT2D eigenvalue weighted by Gasteiger charge is -2.20. The van der Waals surface area contributed by atoms with E-state index in [9.17, 15) is 18.0 Å². The maximum Gasteiger partial charge on any atom is 0.416 e. The predicted molar refractivity (Wildman–Crippen MR) is 145 cm³/mol. The minimum Gasteiger partial charge on any atom is -0.356 e. The lowest BCUT2D eigenvalue weighted by atomic mass is 9.88. The summed E-state index contributed by atoms with van der Waals surface area (Å²) in [6.45, 7) is 0.426. The van der Waals surface area contributed by atoms with E-state index in [0.717, 1.165) is 23.3 Å². The van der Waals surface area contributed by atoms with Gasteiger partial charge in [0.25, 0.3) is 0 Å². The molecule has 0 aliphatic heterocycles. The van der Waals surface area contributed by atoms with Crippen molar-refractivity contribution in [3.8, 4) is 0 Å². The molecular weight excluding hydrogens is 499 g/mol. The first-order valence-corrected chi connectivity index (χ1v) is 12.9. The molecular formula is C32H28F3N3O. The van der Waals surface area contributed by atoms with Gasteiger partial charge in [-0.15, -0.1) is 0 Å². The van der Waals surface area contributed by atoms with Crippen molar-refractivity contribution in [3.63, 3.8) is 0 Å². The molecule has 1 amide bonds. The summed E-state index contributed by atoms with van der Waals surface area (Å²) < 4.78 is 42.4. The topological polar surface area (TPSA) is 46.4 Å². The maximum atomic E-state index is 13.5. The predicted octanol–water partition coefficient (Wildman–Crippen LogP) is 7.21. The monoisotopic (exact) mass is 527 g/mol. The van der Waals surface area contributed by atoms with Crippen LogP contribution in [0.5, 0.6) is 0 Å². The number of benzene rings is 3. The van der Waals surface area contributed by atoms with Gasteiger partial charge in [0.2, 0.25) is 5.91 Å². The molecule has 0 saturated carbocycles. The number of aromatic nitrogens is 2. The number of rotatable bonds is 9. The van der Waals surface area contributed by atoms with E-state index < -0.39 is 17.7 Å². The van der Waals surface area contributed by atoms with Crippen molar-refractivity contribution in [1.82, 2.24) is 14.7 Å². The van der Waals surface area contributed by atoms with Gasteiger partial charge in [-0.3, -0.25) is 4.79 Å². The molecule has 7 heteroatoms. The Labute approximate surface area is 225 Å². The SMILES string of the molecule is O=C(CC(c1cccc(C(F)(F)F)c1)c1cnc2ccccn12)NCCC(c1ccccc1)c1ccccc1. The average Bonchev–Trinajstić information content (AvgIpc) is 3.38. The number of imidazole rings is 1. The Bertz CT molecular complexity index is 1490. The van der Waals surface area contributed by atoms with Gasteiger partial charge in [0.15, 0.2) is 0 Å². The second kappa shape index (κ2) is 11.6. The smallest absolute Gasteiger partial charge is 0.356 e. The third kappa shape index (κ3) is 6.20. The zero-order chi connectivity index (χ0) is 27.2. The Morgan fingerprint density at radius 3 is 2.10 bits per heavy atom. The Morgan fingerprint density at radius 1 is 0.795 bits per heavy atom. The highest BCUT2D eigenvalue weighted by Crippen LogP contribution is 2.35. The molecule has 2 aromatic heterocycles. The minimum absolute atomic E-state index is 0.00859. The fourth-order valence-electron chi connectivity index (χ4n) is 5.04. The number of nitrogens with zero attached hydrogens (tertiary/aromatic N) is 2. The van der Waals surface area contributed by atoms with Crippen LogP contribution in [0.25, 0.3) is 5.65 Å². The van der Waals surface area contributed by atoms with Crippen molar-refractivity contribution in [2.75, 3.05) is 6.54 Å². The molecule has 1 atom stereocenters. The van der Waals surface area contributed by atoms with Gasteiger partial charge in [-0.1, -0.05) is 84.9 Å². The Hall–Kier alpha value is -4.39. The summed E-state index contributed by atoms with van der Waals surface area (Å²) in [5.41, 5.74) is 3.31. The van der Waals surface area contributed by atoms with Crippen LogP contribution in [0.1, 0.15) is 52.6 Å². The van der Waals surface area contributed by atoms with Crippen LogP contribution in [0, 0.1) is 0 Å². The lowest BCUT2D eigenvalue weighted by molar-refractivity contribution is -0.137. The van der Waals surface area contributed by atoms with Crippen LogP contribution < -0.4 is 5.32 Å². The zero-order valence-corrected chi connectivity index (χ0v) is 21.2. The largest absolute Gasteiger partial charge is 0.416 e. The molecule has 39 heavy (non-hydrogen) atoms. The molecule has 198 valence electrons. The van der Waals surface area contributed by atoms with E-state index in [1.165, 1.54) is 6.07 Å². The number of hydrogen-bond donors (Lipinski definition) is 1. The van der Waals surface area contributed by atoms with Gasteiger partial charge in [-0.2, -0.15) is 13.2 Å². The van der Waals surface area contributed by atoms with E-state index >= 15 is 0 Å². The molecule has 0 radical (unpaired) electrons. The number of fused-ring (bicyclic) bond motifs is 1. The molecule has 0 saturated heterocycles. The van der Waals surface area contributed by atoms with Crippen LogP contribution in [0.4, 0.5) is 13.2 Å². The van der Waals surface area contributed by atoms with E-state index in [1.54, 1.807) is 18.5 Å². The minimum atomic E-state index is -4.48. The van der Waals surface area contributed by atoms with Gasteiger partial charge in [0, 0.05) is 37.2 Å². The van der Waals surface area contributed by atoms with Gasteiger partial charge in [-0.25, -0.2) is 4.98 Å². The summed E-state index contributed by atoms with van der Waals surface area (Å²) in [6, 6.07) is 30.9. The number of alkyl halides is 3. The molecule has 5 aromatic rings. The summed E-state index contributed by atoms with van der Waals surface area (Å²) in [5, 5.41) is 3.02. The first-order valence-electron chi connectivity index (χ1n) is 12.9. The fraction of sp³-hybridized carbons (Fsp3) is 0.188. The van der Waals surface area contributed by atoms with Crippen molar-refractivity contribution >= 4 is 11.6 Å². The quantitative estimate of drug-likeness (QED) is 0.220. The van der Waals surface area contributed by atoms with Crippen LogP contribution in [0.2, 0.25) is 0 Å².